The third-order valence-electron chi connectivity index (χ3n) is 3.08. The summed E-state index contributed by atoms with van der Waals surface area (Å²) in [5.74, 6) is -0.197. The van der Waals surface area contributed by atoms with Crippen molar-refractivity contribution in [1.82, 2.24) is 9.97 Å². The van der Waals surface area contributed by atoms with Gasteiger partial charge in [0.1, 0.15) is 11.6 Å². The Balaban J connectivity index is 2.24. The molecule has 0 radical (unpaired) electrons. The molecule has 7 nitrogen and oxygen atoms in total. The van der Waals surface area contributed by atoms with Crippen LogP contribution in [0.1, 0.15) is 0 Å². The summed E-state index contributed by atoms with van der Waals surface area (Å²) >= 11 is 11.8. The van der Waals surface area contributed by atoms with Crippen LogP contribution in [0.25, 0.3) is 22.3 Å². The summed E-state index contributed by atoms with van der Waals surface area (Å²) in [5.41, 5.74) is -0.0299. The van der Waals surface area contributed by atoms with Crippen LogP contribution in [-0.4, -0.2) is 14.9 Å². The number of halogens is 2. The van der Waals surface area contributed by atoms with Crippen molar-refractivity contribution in [1.29, 1.82) is 0 Å². The van der Waals surface area contributed by atoms with Gasteiger partial charge in [0.25, 0.3) is 5.56 Å². The maximum Gasteiger partial charge on any atom is 0.317 e. The lowest BCUT2D eigenvalue weighted by atomic mass is 10.1. The Kier molecular flexibility index (Phi) is 4.38. The van der Waals surface area contributed by atoms with E-state index in [-0.39, 0.29) is 27.5 Å². The van der Waals surface area contributed by atoms with Gasteiger partial charge in [-0.1, -0.05) is 23.2 Å². The van der Waals surface area contributed by atoms with E-state index < -0.39 is 13.4 Å². The van der Waals surface area contributed by atoms with Gasteiger partial charge in [-0.2, -0.15) is 0 Å². The molecule has 0 spiro atoms. The minimum atomic E-state index is -5.05. The second-order valence-electron chi connectivity index (χ2n) is 4.78. The molecule has 10 heteroatoms. The van der Waals surface area contributed by atoms with Gasteiger partial charge >= 0.3 is 7.82 Å². The number of rotatable bonds is 3. The number of aromatic amines is 1. The molecule has 3 aromatic rings. The lowest BCUT2D eigenvalue weighted by Gasteiger charge is -2.19. The smallest absolute Gasteiger partial charge is 0.317 e. The van der Waals surface area contributed by atoms with Gasteiger partial charge in [-0.3, -0.25) is 9.36 Å². The summed E-state index contributed by atoms with van der Waals surface area (Å²) in [4.78, 5) is 38.9. The normalized spacial score (nSPS) is 13.7. The van der Waals surface area contributed by atoms with Gasteiger partial charge < -0.3 is 19.3 Å². The quantitative estimate of drug-likeness (QED) is 0.669. The van der Waals surface area contributed by atoms with Gasteiger partial charge in [-0.25, -0.2) is 4.98 Å². The first-order valence-electron chi connectivity index (χ1n) is 6.46. The zero-order valence-corrected chi connectivity index (χ0v) is 14.1. The molecule has 0 aliphatic heterocycles. The predicted octanol–water partition coefficient (Wildman–Crippen LogP) is 2.74. The van der Waals surface area contributed by atoms with Gasteiger partial charge in [0.2, 0.25) is 0 Å². The van der Waals surface area contributed by atoms with Crippen LogP contribution in [0.2, 0.25) is 10.0 Å². The molecule has 1 atom stereocenters. The summed E-state index contributed by atoms with van der Waals surface area (Å²) < 4.78 is 15.5. The van der Waals surface area contributed by atoms with Crippen LogP contribution in [-0.2, 0) is 4.57 Å². The van der Waals surface area contributed by atoms with E-state index in [1.807, 2.05) is 0 Å². The first kappa shape index (κ1) is 17.0. The van der Waals surface area contributed by atoms with E-state index in [9.17, 15) is 14.3 Å². The van der Waals surface area contributed by atoms with Crippen LogP contribution in [0.4, 0.5) is 0 Å². The molecule has 0 aliphatic carbocycles. The number of aromatic nitrogens is 2. The highest BCUT2D eigenvalue weighted by Crippen LogP contribution is 2.39. The molecule has 1 aromatic heterocycles. The highest BCUT2D eigenvalue weighted by atomic mass is 35.5. The SMILES string of the molecule is O=c1[nH]c(-c2cc(Cl)ccc2OP(=O)([O-])O)nc2ccc(Cl)cc12. The number of nitrogens with one attached hydrogen (secondary N) is 1. The van der Waals surface area contributed by atoms with E-state index in [0.29, 0.717) is 10.5 Å². The predicted molar refractivity (Wildman–Crippen MR) is 88.3 cm³/mol. The Bertz CT molecular complexity index is 1050. The second-order valence-corrected chi connectivity index (χ2v) is 6.77. The third kappa shape index (κ3) is 3.61. The van der Waals surface area contributed by atoms with Crippen molar-refractivity contribution >= 4 is 41.9 Å². The molecule has 0 bridgehead atoms. The number of benzene rings is 2. The highest BCUT2D eigenvalue weighted by molar-refractivity contribution is 7.45. The molecular weight excluding hydrogens is 378 g/mol. The van der Waals surface area contributed by atoms with Crippen molar-refractivity contribution in [2.75, 3.05) is 0 Å². The van der Waals surface area contributed by atoms with E-state index in [4.69, 9.17) is 28.1 Å². The van der Waals surface area contributed by atoms with Gasteiger partial charge in [-0.05, 0) is 36.4 Å². The number of nitrogens with zero attached hydrogens (tertiary/aromatic N) is 1. The van der Waals surface area contributed by atoms with E-state index in [1.165, 1.54) is 24.3 Å². The van der Waals surface area contributed by atoms with Crippen molar-refractivity contribution in [2.24, 2.45) is 0 Å². The molecule has 0 aliphatic rings. The molecule has 0 amide bonds. The molecule has 124 valence electrons. The van der Waals surface area contributed by atoms with Gasteiger partial charge in [0, 0.05) is 10.0 Å². The molecule has 2 N–H and O–H groups in total. The Morgan fingerprint density at radius 2 is 1.83 bits per heavy atom. The molecule has 1 heterocycles. The fourth-order valence-electron chi connectivity index (χ4n) is 2.13. The third-order valence-corrected chi connectivity index (χ3v) is 3.98. The molecule has 3 rings (SSSR count). The second kappa shape index (κ2) is 6.20. The van der Waals surface area contributed by atoms with Crippen molar-refractivity contribution < 1.29 is 18.9 Å². The van der Waals surface area contributed by atoms with Crippen molar-refractivity contribution in [3.63, 3.8) is 0 Å². The summed E-state index contributed by atoms with van der Waals surface area (Å²) in [6.07, 6.45) is 0. The summed E-state index contributed by atoms with van der Waals surface area (Å²) in [6, 6.07) is 8.54. The largest absolute Gasteiger partial charge is 0.746 e. The Morgan fingerprint density at radius 1 is 1.17 bits per heavy atom. The number of phosphoric ester groups is 1. The van der Waals surface area contributed by atoms with Crippen molar-refractivity contribution in [2.45, 2.75) is 0 Å². The lowest BCUT2D eigenvalue weighted by Crippen LogP contribution is -2.11. The van der Waals surface area contributed by atoms with Crippen LogP contribution < -0.4 is 15.0 Å². The van der Waals surface area contributed by atoms with Crippen LogP contribution in [0, 0.1) is 0 Å². The minimum absolute atomic E-state index is 0.0285. The first-order valence-corrected chi connectivity index (χ1v) is 8.71. The average Bonchev–Trinajstić information content (AvgIpc) is 2.48. The Labute approximate surface area is 145 Å². The molecule has 0 saturated heterocycles. The van der Waals surface area contributed by atoms with Gasteiger partial charge in [0.15, 0.2) is 0 Å². The number of phosphoric acid groups is 1. The number of fused-ring (bicyclic) bond motifs is 1. The van der Waals surface area contributed by atoms with Crippen molar-refractivity contribution in [3.8, 4) is 17.1 Å². The molecule has 24 heavy (non-hydrogen) atoms. The fourth-order valence-corrected chi connectivity index (χ4v) is 2.88. The lowest BCUT2D eigenvalue weighted by molar-refractivity contribution is -0.211. The van der Waals surface area contributed by atoms with Crippen LogP contribution in [0.15, 0.2) is 41.2 Å². The molecule has 0 fully saturated rings. The van der Waals surface area contributed by atoms with Gasteiger partial charge in [0.05, 0.1) is 16.5 Å². The Hall–Kier alpha value is -1.89. The maximum atomic E-state index is 12.2. The minimum Gasteiger partial charge on any atom is -0.746 e. The molecule has 0 saturated carbocycles. The highest BCUT2D eigenvalue weighted by Gasteiger charge is 2.15. The molecule has 2 aromatic carbocycles. The number of hydrogen-bond donors (Lipinski definition) is 2. The summed E-state index contributed by atoms with van der Waals surface area (Å²) in [6.45, 7) is 0. The summed E-state index contributed by atoms with van der Waals surface area (Å²) in [7, 11) is -5.05. The van der Waals surface area contributed by atoms with E-state index >= 15 is 0 Å². The van der Waals surface area contributed by atoms with Crippen LogP contribution in [0.5, 0.6) is 5.75 Å². The average molecular weight is 386 g/mol. The van der Waals surface area contributed by atoms with Crippen LogP contribution >= 0.6 is 31.0 Å². The first-order chi connectivity index (χ1) is 11.2. The number of hydrogen-bond acceptors (Lipinski definition) is 5. The van der Waals surface area contributed by atoms with Crippen molar-refractivity contribution in [3.05, 3.63) is 56.8 Å². The summed E-state index contributed by atoms with van der Waals surface area (Å²) in [5, 5.41) is 0.907. The fraction of sp³-hybridized carbons (Fsp3) is 0. The van der Waals surface area contributed by atoms with E-state index in [2.05, 4.69) is 14.5 Å². The zero-order chi connectivity index (χ0) is 17.5. The monoisotopic (exact) mass is 385 g/mol. The van der Waals surface area contributed by atoms with E-state index in [1.54, 1.807) is 12.1 Å². The van der Waals surface area contributed by atoms with E-state index in [0.717, 1.165) is 0 Å². The maximum absolute atomic E-state index is 12.2. The zero-order valence-electron chi connectivity index (χ0n) is 11.7. The van der Waals surface area contributed by atoms with Crippen LogP contribution in [0.3, 0.4) is 0 Å². The number of H-pyrrole nitrogens is 1. The molecule has 1 unspecified atom stereocenters. The van der Waals surface area contributed by atoms with Gasteiger partial charge in [-0.15, -0.1) is 0 Å². The Morgan fingerprint density at radius 3 is 2.54 bits per heavy atom. The standard InChI is InChI=1S/C14H9Cl2N2O5P/c15-7-1-3-11-9(5-7)14(19)18-13(17-11)10-6-8(16)2-4-12(10)23-24(20,21)22/h1-6H,(H,17,18,19)(H2,20,21,22)/p-1. The molecular formula is C14H8Cl2N2O5P-. The topological polar surface area (TPSA) is 115 Å².